The van der Waals surface area contributed by atoms with Crippen molar-refractivity contribution < 1.29 is 4.39 Å². The largest absolute Gasteiger partial charge is 0.207 e. The molecule has 1 nitrogen and oxygen atoms in total. The van der Waals surface area contributed by atoms with Crippen molar-refractivity contribution in [3.63, 3.8) is 0 Å². The molecule has 0 unspecified atom stereocenters. The van der Waals surface area contributed by atoms with Crippen molar-refractivity contribution in [1.82, 2.24) is 0 Å². The van der Waals surface area contributed by atoms with E-state index in [1.54, 1.807) is 19.9 Å². The van der Waals surface area contributed by atoms with Gasteiger partial charge in [0.05, 0.1) is 11.5 Å². The Labute approximate surface area is 87.9 Å². The molecule has 74 valence electrons. The third kappa shape index (κ3) is 2.08. The number of halogens is 1. The van der Waals surface area contributed by atoms with Crippen LogP contribution in [0.1, 0.15) is 19.4 Å². The molecule has 0 saturated heterocycles. The van der Waals surface area contributed by atoms with Crippen molar-refractivity contribution in [2.75, 3.05) is 6.26 Å². The van der Waals surface area contributed by atoms with E-state index >= 15 is 0 Å². The zero-order valence-electron chi connectivity index (χ0n) is 8.47. The molecule has 0 amide bonds. The summed E-state index contributed by atoms with van der Waals surface area (Å²) in [5, 5.41) is 8.88. The zero-order valence-corrected chi connectivity index (χ0v) is 9.28. The fourth-order valence-electron chi connectivity index (χ4n) is 1.19. The Morgan fingerprint density at radius 3 is 2.50 bits per heavy atom. The topological polar surface area (TPSA) is 23.8 Å². The number of nitriles is 1. The first kappa shape index (κ1) is 11.1. The maximum Gasteiger partial charge on any atom is 0.129 e. The van der Waals surface area contributed by atoms with Gasteiger partial charge in [0.2, 0.25) is 0 Å². The summed E-state index contributed by atoms with van der Waals surface area (Å²) in [4.78, 5) is 0.875. The molecule has 0 aliphatic carbocycles. The maximum atomic E-state index is 13.6. The molecule has 0 aromatic heterocycles. The summed E-state index contributed by atoms with van der Waals surface area (Å²) >= 11 is 1.49. The predicted octanol–water partition coefficient (Wildman–Crippen LogP) is 3.35. The highest BCUT2D eigenvalue weighted by molar-refractivity contribution is 7.98. The van der Waals surface area contributed by atoms with Gasteiger partial charge in [0.15, 0.2) is 0 Å². The van der Waals surface area contributed by atoms with E-state index in [0.29, 0.717) is 5.56 Å². The SMILES string of the molecule is CSc1ccc(C(C)(C)C#N)c(F)c1. The number of hydrogen-bond donors (Lipinski definition) is 0. The molecule has 0 aliphatic heterocycles. The Morgan fingerprint density at radius 2 is 2.07 bits per heavy atom. The van der Waals surface area contributed by atoms with Gasteiger partial charge in [-0.05, 0) is 32.2 Å². The van der Waals surface area contributed by atoms with Gasteiger partial charge in [-0.25, -0.2) is 4.39 Å². The predicted molar refractivity (Wildman–Crippen MR) is 56.8 cm³/mol. The van der Waals surface area contributed by atoms with Crippen LogP contribution in [0, 0.1) is 17.1 Å². The van der Waals surface area contributed by atoms with E-state index < -0.39 is 5.41 Å². The highest BCUT2D eigenvalue weighted by Crippen LogP contribution is 2.27. The lowest BCUT2D eigenvalue weighted by Crippen LogP contribution is -2.15. The fourth-order valence-corrected chi connectivity index (χ4v) is 1.62. The van der Waals surface area contributed by atoms with Gasteiger partial charge < -0.3 is 0 Å². The summed E-state index contributed by atoms with van der Waals surface area (Å²) < 4.78 is 13.6. The quantitative estimate of drug-likeness (QED) is 0.697. The van der Waals surface area contributed by atoms with E-state index in [9.17, 15) is 4.39 Å². The number of benzene rings is 1. The van der Waals surface area contributed by atoms with E-state index in [-0.39, 0.29) is 5.82 Å². The molecule has 0 fully saturated rings. The van der Waals surface area contributed by atoms with Gasteiger partial charge in [-0.1, -0.05) is 6.07 Å². The Morgan fingerprint density at radius 1 is 1.43 bits per heavy atom. The first-order valence-corrected chi connectivity index (χ1v) is 5.49. The molecule has 0 radical (unpaired) electrons. The normalized spacial score (nSPS) is 11.1. The van der Waals surface area contributed by atoms with Gasteiger partial charge >= 0.3 is 0 Å². The molecule has 1 aromatic rings. The summed E-state index contributed by atoms with van der Waals surface area (Å²) in [5.41, 5.74) is -0.307. The minimum absolute atomic E-state index is 0.302. The van der Waals surface area contributed by atoms with Crippen LogP contribution in [0.15, 0.2) is 23.1 Å². The molecule has 0 N–H and O–H groups in total. The second kappa shape index (κ2) is 4.02. The Hall–Kier alpha value is -1.01. The highest BCUT2D eigenvalue weighted by Gasteiger charge is 2.23. The van der Waals surface area contributed by atoms with E-state index in [2.05, 4.69) is 6.07 Å². The number of thioether (sulfide) groups is 1. The molecule has 0 heterocycles. The van der Waals surface area contributed by atoms with Crippen LogP contribution in [-0.2, 0) is 5.41 Å². The monoisotopic (exact) mass is 209 g/mol. The van der Waals surface area contributed by atoms with Gasteiger partial charge in [-0.15, -0.1) is 11.8 Å². The molecule has 0 spiro atoms. The second-order valence-electron chi connectivity index (χ2n) is 3.58. The molecule has 3 heteroatoms. The van der Waals surface area contributed by atoms with Crippen LogP contribution in [0.3, 0.4) is 0 Å². The molecule has 1 aromatic carbocycles. The fraction of sp³-hybridized carbons (Fsp3) is 0.364. The van der Waals surface area contributed by atoms with Crippen LogP contribution >= 0.6 is 11.8 Å². The first-order chi connectivity index (χ1) is 6.51. The molecule has 0 bridgehead atoms. The average molecular weight is 209 g/mol. The van der Waals surface area contributed by atoms with E-state index in [0.717, 1.165) is 4.90 Å². The second-order valence-corrected chi connectivity index (χ2v) is 4.46. The summed E-state index contributed by atoms with van der Waals surface area (Å²) in [6, 6.07) is 7.08. The van der Waals surface area contributed by atoms with Crippen molar-refractivity contribution >= 4 is 11.8 Å². The minimum atomic E-state index is -0.763. The van der Waals surface area contributed by atoms with Crippen LogP contribution in [0.4, 0.5) is 4.39 Å². The van der Waals surface area contributed by atoms with Crippen molar-refractivity contribution in [1.29, 1.82) is 5.26 Å². The van der Waals surface area contributed by atoms with Crippen molar-refractivity contribution in [3.05, 3.63) is 29.6 Å². The smallest absolute Gasteiger partial charge is 0.129 e. The maximum absolute atomic E-state index is 13.6. The Bertz CT molecular complexity index is 379. The van der Waals surface area contributed by atoms with Crippen LogP contribution in [0.5, 0.6) is 0 Å². The van der Waals surface area contributed by atoms with Crippen molar-refractivity contribution in [2.45, 2.75) is 24.2 Å². The molecule has 1 rings (SSSR count). The number of rotatable bonds is 2. The lowest BCUT2D eigenvalue weighted by atomic mass is 9.86. The summed E-state index contributed by atoms with van der Waals surface area (Å²) in [6.45, 7) is 3.42. The van der Waals surface area contributed by atoms with Gasteiger partial charge in [0, 0.05) is 10.5 Å². The molecule has 0 atom stereocenters. The highest BCUT2D eigenvalue weighted by atomic mass is 32.2. The number of nitrogens with zero attached hydrogens (tertiary/aromatic N) is 1. The molecule has 14 heavy (non-hydrogen) atoms. The Balaban J connectivity index is 3.20. The van der Waals surface area contributed by atoms with Gasteiger partial charge in [-0.3, -0.25) is 0 Å². The van der Waals surface area contributed by atoms with Crippen molar-refractivity contribution in [2.24, 2.45) is 0 Å². The van der Waals surface area contributed by atoms with Crippen LogP contribution in [0.25, 0.3) is 0 Å². The summed E-state index contributed by atoms with van der Waals surface area (Å²) in [5.74, 6) is -0.302. The standard InChI is InChI=1S/C11H12FNS/c1-11(2,7-13)9-5-4-8(14-3)6-10(9)12/h4-6H,1-3H3. The third-order valence-electron chi connectivity index (χ3n) is 2.13. The van der Waals surface area contributed by atoms with Gasteiger partial charge in [0.1, 0.15) is 5.82 Å². The van der Waals surface area contributed by atoms with Crippen LogP contribution in [0.2, 0.25) is 0 Å². The molecular weight excluding hydrogens is 197 g/mol. The molecule has 0 aliphatic rings. The van der Waals surface area contributed by atoms with Crippen LogP contribution < -0.4 is 0 Å². The van der Waals surface area contributed by atoms with E-state index in [4.69, 9.17) is 5.26 Å². The minimum Gasteiger partial charge on any atom is -0.207 e. The number of hydrogen-bond acceptors (Lipinski definition) is 2. The van der Waals surface area contributed by atoms with Crippen LogP contribution in [-0.4, -0.2) is 6.26 Å². The lowest BCUT2D eigenvalue weighted by molar-refractivity contribution is 0.562. The van der Waals surface area contributed by atoms with Gasteiger partial charge in [-0.2, -0.15) is 5.26 Å². The van der Waals surface area contributed by atoms with E-state index in [1.807, 2.05) is 12.3 Å². The first-order valence-electron chi connectivity index (χ1n) is 4.26. The summed E-state index contributed by atoms with van der Waals surface area (Å²) in [6.07, 6.45) is 1.89. The zero-order chi connectivity index (χ0) is 10.8. The average Bonchev–Trinajstić information content (AvgIpc) is 2.17. The molecular formula is C11H12FNS. The lowest BCUT2D eigenvalue weighted by Gasteiger charge is -2.16. The van der Waals surface area contributed by atoms with Crippen molar-refractivity contribution in [3.8, 4) is 6.07 Å². The molecule has 0 saturated carbocycles. The van der Waals surface area contributed by atoms with Gasteiger partial charge in [0.25, 0.3) is 0 Å². The summed E-state index contributed by atoms with van der Waals surface area (Å²) in [7, 11) is 0. The Kier molecular flexibility index (Phi) is 3.17. The third-order valence-corrected chi connectivity index (χ3v) is 2.85. The van der Waals surface area contributed by atoms with E-state index in [1.165, 1.54) is 17.8 Å².